The standard InChI is InChI=1S/C22H21NO3S/c24-21(23-15-19-10-6-14-27-19)16-26-22(25)20-11-5-4-9-18(20)13-12-17-7-2-1-3-8-17/h1-11,14H,12-13,15-16H2,(H,23,24). The molecule has 27 heavy (non-hydrogen) atoms. The second-order valence-electron chi connectivity index (χ2n) is 6.07. The molecule has 2 aromatic carbocycles. The molecule has 0 saturated carbocycles. The molecule has 4 nitrogen and oxygen atoms in total. The highest BCUT2D eigenvalue weighted by Crippen LogP contribution is 2.14. The predicted molar refractivity (Wildman–Crippen MR) is 107 cm³/mol. The van der Waals surface area contributed by atoms with E-state index in [-0.39, 0.29) is 12.5 Å². The molecule has 0 radical (unpaired) electrons. The van der Waals surface area contributed by atoms with Gasteiger partial charge in [0, 0.05) is 4.88 Å². The lowest BCUT2D eigenvalue weighted by atomic mass is 10.00. The van der Waals surface area contributed by atoms with Gasteiger partial charge in [-0.2, -0.15) is 0 Å². The smallest absolute Gasteiger partial charge is 0.338 e. The highest BCUT2D eigenvalue weighted by Gasteiger charge is 2.14. The Balaban J connectivity index is 1.52. The number of thiophene rings is 1. The summed E-state index contributed by atoms with van der Waals surface area (Å²) >= 11 is 1.57. The fourth-order valence-electron chi connectivity index (χ4n) is 2.72. The zero-order valence-electron chi connectivity index (χ0n) is 14.9. The van der Waals surface area contributed by atoms with Crippen LogP contribution in [-0.4, -0.2) is 18.5 Å². The monoisotopic (exact) mass is 379 g/mol. The number of esters is 1. The first kappa shape index (κ1) is 18.9. The van der Waals surface area contributed by atoms with Gasteiger partial charge in [0.1, 0.15) is 0 Å². The van der Waals surface area contributed by atoms with E-state index in [2.05, 4.69) is 17.4 Å². The van der Waals surface area contributed by atoms with Gasteiger partial charge in [0.15, 0.2) is 6.61 Å². The van der Waals surface area contributed by atoms with Gasteiger partial charge in [-0.3, -0.25) is 4.79 Å². The van der Waals surface area contributed by atoms with Gasteiger partial charge in [-0.25, -0.2) is 4.79 Å². The summed E-state index contributed by atoms with van der Waals surface area (Å²) in [5.74, 6) is -0.775. The van der Waals surface area contributed by atoms with Crippen molar-refractivity contribution in [1.82, 2.24) is 5.32 Å². The van der Waals surface area contributed by atoms with Crippen molar-refractivity contribution < 1.29 is 14.3 Å². The van der Waals surface area contributed by atoms with Crippen molar-refractivity contribution in [2.24, 2.45) is 0 Å². The quantitative estimate of drug-likeness (QED) is 0.602. The van der Waals surface area contributed by atoms with Crippen LogP contribution in [0.25, 0.3) is 0 Å². The number of amides is 1. The number of hydrogen-bond donors (Lipinski definition) is 1. The third-order valence-electron chi connectivity index (χ3n) is 4.14. The minimum Gasteiger partial charge on any atom is -0.452 e. The number of carbonyl (C=O) groups is 2. The summed E-state index contributed by atoms with van der Waals surface area (Å²) in [4.78, 5) is 25.4. The zero-order chi connectivity index (χ0) is 18.9. The van der Waals surface area contributed by atoms with Gasteiger partial charge in [0.2, 0.25) is 0 Å². The third-order valence-corrected chi connectivity index (χ3v) is 5.01. The number of hydrogen-bond acceptors (Lipinski definition) is 4. The number of ether oxygens (including phenoxy) is 1. The second-order valence-corrected chi connectivity index (χ2v) is 7.11. The van der Waals surface area contributed by atoms with Crippen LogP contribution in [-0.2, 0) is 28.9 Å². The van der Waals surface area contributed by atoms with Gasteiger partial charge in [-0.1, -0.05) is 54.6 Å². The largest absolute Gasteiger partial charge is 0.452 e. The molecule has 0 aliphatic heterocycles. The molecule has 138 valence electrons. The normalized spacial score (nSPS) is 10.4. The molecule has 0 unspecified atom stereocenters. The number of aryl methyl sites for hydroxylation is 2. The van der Waals surface area contributed by atoms with Crippen LogP contribution in [0.15, 0.2) is 72.1 Å². The molecule has 0 atom stereocenters. The molecule has 3 aromatic rings. The lowest BCUT2D eigenvalue weighted by Crippen LogP contribution is -2.28. The van der Waals surface area contributed by atoms with E-state index in [4.69, 9.17) is 4.74 Å². The van der Waals surface area contributed by atoms with E-state index >= 15 is 0 Å². The number of benzene rings is 2. The van der Waals surface area contributed by atoms with E-state index in [9.17, 15) is 9.59 Å². The molecule has 0 fully saturated rings. The fourth-order valence-corrected chi connectivity index (χ4v) is 3.36. The Bertz CT molecular complexity index is 876. The molecule has 3 rings (SSSR count). The molecular formula is C22H21NO3S. The van der Waals surface area contributed by atoms with Crippen LogP contribution in [0.2, 0.25) is 0 Å². The average Bonchev–Trinajstić information content (AvgIpc) is 3.23. The lowest BCUT2D eigenvalue weighted by Gasteiger charge is -2.10. The second kappa shape index (κ2) is 9.69. The number of carbonyl (C=O) groups excluding carboxylic acids is 2. The molecule has 0 aliphatic rings. The van der Waals surface area contributed by atoms with Gasteiger partial charge in [-0.15, -0.1) is 11.3 Å². The Morgan fingerprint density at radius 3 is 2.44 bits per heavy atom. The van der Waals surface area contributed by atoms with E-state index in [1.165, 1.54) is 5.56 Å². The van der Waals surface area contributed by atoms with E-state index in [0.717, 1.165) is 23.3 Å². The topological polar surface area (TPSA) is 55.4 Å². The van der Waals surface area contributed by atoms with Crippen LogP contribution < -0.4 is 5.32 Å². The average molecular weight is 379 g/mol. The maximum Gasteiger partial charge on any atom is 0.338 e. The Hall–Kier alpha value is -2.92. The van der Waals surface area contributed by atoms with Crippen molar-refractivity contribution in [3.05, 3.63) is 93.7 Å². The van der Waals surface area contributed by atoms with E-state index in [0.29, 0.717) is 12.1 Å². The van der Waals surface area contributed by atoms with Crippen LogP contribution in [0, 0.1) is 0 Å². The van der Waals surface area contributed by atoms with Crippen LogP contribution in [0.5, 0.6) is 0 Å². The van der Waals surface area contributed by atoms with Gasteiger partial charge in [0.25, 0.3) is 5.91 Å². The summed E-state index contributed by atoms with van der Waals surface area (Å²) in [7, 11) is 0. The maximum absolute atomic E-state index is 12.4. The Labute approximate surface area is 162 Å². The molecule has 1 aromatic heterocycles. The molecule has 5 heteroatoms. The van der Waals surface area contributed by atoms with Crippen molar-refractivity contribution in [2.45, 2.75) is 19.4 Å². The van der Waals surface area contributed by atoms with Gasteiger partial charge < -0.3 is 10.1 Å². The molecule has 1 amide bonds. The molecular weight excluding hydrogens is 358 g/mol. The van der Waals surface area contributed by atoms with Gasteiger partial charge in [-0.05, 0) is 41.5 Å². The number of nitrogens with one attached hydrogen (secondary N) is 1. The first-order valence-corrected chi connectivity index (χ1v) is 9.68. The summed E-state index contributed by atoms with van der Waals surface area (Å²) in [6.45, 7) is 0.166. The summed E-state index contributed by atoms with van der Waals surface area (Å²) < 4.78 is 5.20. The third kappa shape index (κ3) is 5.79. The first-order valence-electron chi connectivity index (χ1n) is 8.80. The Kier molecular flexibility index (Phi) is 6.77. The Morgan fingerprint density at radius 1 is 0.889 bits per heavy atom. The van der Waals surface area contributed by atoms with Crippen LogP contribution in [0.4, 0.5) is 0 Å². The molecule has 0 aliphatic carbocycles. The van der Waals surface area contributed by atoms with Crippen LogP contribution in [0.3, 0.4) is 0 Å². The zero-order valence-corrected chi connectivity index (χ0v) is 15.7. The highest BCUT2D eigenvalue weighted by atomic mass is 32.1. The minimum atomic E-state index is -0.468. The fraction of sp³-hybridized carbons (Fsp3) is 0.182. The van der Waals surface area contributed by atoms with Gasteiger partial charge >= 0.3 is 5.97 Å². The van der Waals surface area contributed by atoms with E-state index < -0.39 is 5.97 Å². The number of rotatable bonds is 8. The van der Waals surface area contributed by atoms with Crippen molar-refractivity contribution >= 4 is 23.2 Å². The Morgan fingerprint density at radius 2 is 1.67 bits per heavy atom. The summed E-state index contributed by atoms with van der Waals surface area (Å²) in [5, 5.41) is 4.70. The summed E-state index contributed by atoms with van der Waals surface area (Å²) in [6.07, 6.45) is 1.58. The van der Waals surface area contributed by atoms with Crippen molar-refractivity contribution in [3.63, 3.8) is 0 Å². The van der Waals surface area contributed by atoms with Crippen LogP contribution in [0.1, 0.15) is 26.4 Å². The lowest BCUT2D eigenvalue weighted by molar-refractivity contribution is -0.124. The predicted octanol–water partition coefficient (Wildman–Crippen LogP) is 4.01. The molecule has 1 heterocycles. The molecule has 0 bridgehead atoms. The molecule has 1 N–H and O–H groups in total. The van der Waals surface area contributed by atoms with Gasteiger partial charge in [0.05, 0.1) is 12.1 Å². The van der Waals surface area contributed by atoms with E-state index in [1.54, 1.807) is 23.5 Å². The molecule has 0 saturated heterocycles. The van der Waals surface area contributed by atoms with Crippen molar-refractivity contribution in [1.29, 1.82) is 0 Å². The highest BCUT2D eigenvalue weighted by molar-refractivity contribution is 7.09. The first-order chi connectivity index (χ1) is 13.2. The summed E-state index contributed by atoms with van der Waals surface area (Å²) in [6, 6.07) is 21.4. The molecule has 0 spiro atoms. The van der Waals surface area contributed by atoms with E-state index in [1.807, 2.05) is 47.8 Å². The van der Waals surface area contributed by atoms with Crippen LogP contribution >= 0.6 is 11.3 Å². The van der Waals surface area contributed by atoms with Crippen molar-refractivity contribution in [3.8, 4) is 0 Å². The van der Waals surface area contributed by atoms with Crippen molar-refractivity contribution in [2.75, 3.05) is 6.61 Å². The SMILES string of the molecule is O=C(COC(=O)c1ccccc1CCc1ccccc1)NCc1cccs1. The summed E-state index contributed by atoms with van der Waals surface area (Å²) in [5.41, 5.74) is 2.65. The minimum absolute atomic E-state index is 0.281. The maximum atomic E-state index is 12.4.